The second-order valence-electron chi connectivity index (χ2n) is 10.9. The van der Waals surface area contributed by atoms with Crippen LogP contribution in [0.15, 0.2) is 53.2 Å². The second-order valence-corrected chi connectivity index (χ2v) is 13.7. The zero-order chi connectivity index (χ0) is 29.1. The number of nitrogens with zero attached hydrogens (tertiary/aromatic N) is 6. The number of carbonyl (C=O) groups excluding carboxylic acids is 1. The Hall–Kier alpha value is -3.65. The maximum atomic E-state index is 14.6. The summed E-state index contributed by atoms with van der Waals surface area (Å²) in [6, 6.07) is 13.0. The van der Waals surface area contributed by atoms with Crippen LogP contribution in [0.25, 0.3) is 16.9 Å². The van der Waals surface area contributed by atoms with E-state index in [0.29, 0.717) is 48.9 Å². The van der Waals surface area contributed by atoms with Crippen LogP contribution in [0.4, 0.5) is 14.5 Å². The normalized spacial score (nSPS) is 23.0. The molecule has 0 spiro atoms. The summed E-state index contributed by atoms with van der Waals surface area (Å²) < 4.78 is 46.5. The zero-order valence-corrected chi connectivity index (χ0v) is 24.1. The molecule has 0 radical (unpaired) electrons. The van der Waals surface area contributed by atoms with Crippen molar-refractivity contribution in [2.45, 2.75) is 44.7 Å². The Morgan fingerprint density at radius 1 is 1.20 bits per heavy atom. The van der Waals surface area contributed by atoms with Crippen molar-refractivity contribution in [1.29, 1.82) is 5.26 Å². The molecule has 2 aliphatic rings. The average Bonchev–Trinajstić information content (AvgIpc) is 3.43. The van der Waals surface area contributed by atoms with Gasteiger partial charge in [-0.3, -0.25) is 4.79 Å². The first-order valence-corrected chi connectivity index (χ1v) is 15.8. The lowest BCUT2D eigenvalue weighted by Crippen LogP contribution is -2.40. The quantitative estimate of drug-likeness (QED) is 0.374. The van der Waals surface area contributed by atoms with E-state index in [9.17, 15) is 23.0 Å². The third-order valence-corrected chi connectivity index (χ3v) is 10.5. The summed E-state index contributed by atoms with van der Waals surface area (Å²) in [5.41, 5.74) is 3.35. The molecule has 2 fully saturated rings. The predicted molar refractivity (Wildman–Crippen MR) is 155 cm³/mol. The van der Waals surface area contributed by atoms with Gasteiger partial charge in [-0.2, -0.15) is 10.4 Å². The fourth-order valence-corrected chi connectivity index (χ4v) is 7.40. The molecule has 0 unspecified atom stereocenters. The molecular weight excluding hydrogens is 546 g/mol. The van der Waals surface area contributed by atoms with Crippen molar-refractivity contribution >= 4 is 21.2 Å². The third kappa shape index (κ3) is 6.32. The van der Waals surface area contributed by atoms with Gasteiger partial charge in [-0.25, -0.2) is 27.0 Å². The lowest BCUT2D eigenvalue weighted by Gasteiger charge is -2.32. The van der Waals surface area contributed by atoms with Gasteiger partial charge in [0.2, 0.25) is 0 Å². The minimum Gasteiger partial charge on any atom is -0.370 e. The maximum Gasteiger partial charge on any atom is 0.153 e. The second kappa shape index (κ2) is 12.1. The summed E-state index contributed by atoms with van der Waals surface area (Å²) in [5.74, 6) is -0.471. The first-order valence-electron chi connectivity index (χ1n) is 13.9. The average molecular weight is 581 g/mol. The standard InChI is InChI=1S/C30H34F2N6O2S/c1-20(17-33)15-28(39)26-16-22(31)5-9-25(26)30-27(19-38(36-30)29-10-6-23(32)18-35-29)21-3-7-24(8-4-21)37-11-13-41(40,34-2)14-12-37/h3-4,6-8,10,18-20,22,25-26H,5,9,11-16H2,1-2H3/t20-,22+,25-,26-/m1/s1. The Bertz CT molecular complexity index is 1540. The van der Waals surface area contributed by atoms with Gasteiger partial charge in [-0.1, -0.05) is 12.1 Å². The van der Waals surface area contributed by atoms with Gasteiger partial charge in [-0.05, 0) is 56.0 Å². The largest absolute Gasteiger partial charge is 0.370 e. The molecule has 0 amide bonds. The van der Waals surface area contributed by atoms with Crippen molar-refractivity contribution in [3.63, 3.8) is 0 Å². The molecule has 41 heavy (non-hydrogen) atoms. The lowest BCUT2D eigenvalue weighted by molar-refractivity contribution is -0.125. The summed E-state index contributed by atoms with van der Waals surface area (Å²) in [4.78, 5) is 19.7. The SMILES string of the molecule is CN=S1(=O)CCN(c2ccc(-c3cn(-c4ccc(F)cn4)nc3[C@@H]3CC[C@H](F)C[C@H]3C(=O)C[C@@H](C)C#N)cc2)CC1. The highest BCUT2D eigenvalue weighted by atomic mass is 32.2. The number of hydrogen-bond acceptors (Lipinski definition) is 7. The number of carbonyl (C=O) groups is 1. The number of halogens is 2. The minimum absolute atomic E-state index is 0.0716. The molecule has 5 rings (SSSR count). The van der Waals surface area contributed by atoms with Crippen molar-refractivity contribution in [2.75, 3.05) is 36.5 Å². The number of Topliss-reactive ketones (excluding diaryl/α,β-unsaturated/α-hetero) is 1. The Morgan fingerprint density at radius 2 is 1.93 bits per heavy atom. The fourth-order valence-electron chi connectivity index (χ4n) is 5.82. The van der Waals surface area contributed by atoms with E-state index < -0.39 is 33.6 Å². The first kappa shape index (κ1) is 28.9. The zero-order valence-electron chi connectivity index (χ0n) is 23.2. The molecule has 3 heterocycles. The number of pyridine rings is 1. The highest BCUT2D eigenvalue weighted by Crippen LogP contribution is 2.43. The van der Waals surface area contributed by atoms with Gasteiger partial charge in [0.05, 0.1) is 23.9 Å². The number of hydrogen-bond donors (Lipinski definition) is 0. The number of nitriles is 1. The molecule has 216 valence electrons. The van der Waals surface area contributed by atoms with Crippen LogP contribution in [-0.4, -0.2) is 62.6 Å². The lowest BCUT2D eigenvalue weighted by atomic mass is 9.72. The maximum absolute atomic E-state index is 14.6. The van der Waals surface area contributed by atoms with Gasteiger partial charge in [0.1, 0.15) is 17.8 Å². The van der Waals surface area contributed by atoms with Crippen LogP contribution >= 0.6 is 0 Å². The summed E-state index contributed by atoms with van der Waals surface area (Å²) in [6.07, 6.45) is 2.81. The number of benzene rings is 1. The molecule has 8 nitrogen and oxygen atoms in total. The molecule has 1 aromatic carbocycles. The van der Waals surface area contributed by atoms with E-state index in [-0.39, 0.29) is 24.5 Å². The van der Waals surface area contributed by atoms with Crippen LogP contribution in [0, 0.1) is 29.0 Å². The van der Waals surface area contributed by atoms with Crippen LogP contribution < -0.4 is 4.90 Å². The highest BCUT2D eigenvalue weighted by Gasteiger charge is 2.39. The van der Waals surface area contributed by atoms with E-state index in [4.69, 9.17) is 5.10 Å². The number of rotatable bonds is 7. The smallest absolute Gasteiger partial charge is 0.153 e. The summed E-state index contributed by atoms with van der Waals surface area (Å²) in [6.45, 7) is 3.01. The van der Waals surface area contributed by atoms with Crippen molar-refractivity contribution < 1.29 is 17.8 Å². The van der Waals surface area contributed by atoms with E-state index >= 15 is 0 Å². The van der Waals surface area contributed by atoms with Gasteiger partial charge in [0, 0.05) is 77.1 Å². The molecule has 1 saturated heterocycles. The molecule has 1 aliphatic carbocycles. The van der Waals surface area contributed by atoms with E-state index in [1.165, 1.54) is 12.1 Å². The number of anilines is 1. The van der Waals surface area contributed by atoms with Crippen molar-refractivity contribution in [1.82, 2.24) is 14.8 Å². The third-order valence-electron chi connectivity index (χ3n) is 8.20. The summed E-state index contributed by atoms with van der Waals surface area (Å²) in [7, 11) is -0.500. The van der Waals surface area contributed by atoms with Gasteiger partial charge in [0.15, 0.2) is 5.82 Å². The Balaban J connectivity index is 1.51. The van der Waals surface area contributed by atoms with E-state index in [2.05, 4.69) is 20.3 Å². The van der Waals surface area contributed by atoms with Crippen molar-refractivity contribution in [3.05, 3.63) is 60.3 Å². The number of alkyl halides is 1. The summed E-state index contributed by atoms with van der Waals surface area (Å²) >= 11 is 0. The fraction of sp³-hybridized carbons (Fsp3) is 0.467. The molecule has 1 aliphatic heterocycles. The first-order chi connectivity index (χ1) is 19.7. The molecule has 11 heteroatoms. The van der Waals surface area contributed by atoms with Gasteiger partial charge < -0.3 is 4.90 Å². The molecular formula is C30H34F2N6O2S. The summed E-state index contributed by atoms with van der Waals surface area (Å²) in [5, 5.41) is 14.1. The number of ketones is 1. The van der Waals surface area contributed by atoms with E-state index in [0.717, 1.165) is 23.0 Å². The highest BCUT2D eigenvalue weighted by molar-refractivity contribution is 7.93. The van der Waals surface area contributed by atoms with Gasteiger partial charge in [0.25, 0.3) is 0 Å². The van der Waals surface area contributed by atoms with Crippen LogP contribution in [0.1, 0.15) is 44.2 Å². The van der Waals surface area contributed by atoms with Crippen LogP contribution in [0.2, 0.25) is 0 Å². The van der Waals surface area contributed by atoms with Crippen LogP contribution in [0.3, 0.4) is 0 Å². The molecule has 0 N–H and O–H groups in total. The minimum atomic E-state index is -2.12. The molecule has 2 aromatic heterocycles. The molecule has 0 bridgehead atoms. The van der Waals surface area contributed by atoms with Crippen molar-refractivity contribution in [2.24, 2.45) is 16.2 Å². The molecule has 1 saturated carbocycles. The topological polar surface area (TPSA) is 104 Å². The predicted octanol–water partition coefficient (Wildman–Crippen LogP) is 5.33. The van der Waals surface area contributed by atoms with Crippen LogP contribution in [0.5, 0.6) is 0 Å². The van der Waals surface area contributed by atoms with E-state index in [1.807, 2.05) is 30.5 Å². The Kier molecular flexibility index (Phi) is 8.50. The molecule has 3 aromatic rings. The van der Waals surface area contributed by atoms with Crippen molar-refractivity contribution in [3.8, 4) is 23.0 Å². The number of aromatic nitrogens is 3. The van der Waals surface area contributed by atoms with Gasteiger partial charge in [-0.15, -0.1) is 0 Å². The Morgan fingerprint density at radius 3 is 2.56 bits per heavy atom. The molecule has 4 atom stereocenters. The van der Waals surface area contributed by atoms with E-state index in [1.54, 1.807) is 18.7 Å². The Labute approximate surface area is 239 Å². The monoisotopic (exact) mass is 580 g/mol. The van der Waals surface area contributed by atoms with Crippen LogP contribution in [-0.2, 0) is 14.5 Å². The van der Waals surface area contributed by atoms with Gasteiger partial charge >= 0.3 is 0 Å².